The van der Waals surface area contributed by atoms with E-state index in [2.05, 4.69) is 41.5 Å². The van der Waals surface area contributed by atoms with Crippen LogP contribution in [0.2, 0.25) is 18.1 Å². The van der Waals surface area contributed by atoms with Crippen LogP contribution in [0.4, 0.5) is 0 Å². The minimum absolute atomic E-state index is 0.0661. The highest BCUT2D eigenvalue weighted by Crippen LogP contribution is 2.28. The number of carbonyl (C=O) groups is 1. The summed E-state index contributed by atoms with van der Waals surface area (Å²) in [6, 6.07) is 3.48. The molecule has 0 radical (unpaired) electrons. The number of rotatable bonds is 11. The first kappa shape index (κ1) is 18.8. The monoisotopic (exact) mass is 286 g/mol. The van der Waals surface area contributed by atoms with Gasteiger partial charge in [-0.15, -0.1) is 0 Å². The van der Waals surface area contributed by atoms with E-state index < -0.39 is 8.32 Å². The average Bonchev–Trinajstić information content (AvgIpc) is 2.43. The maximum atomic E-state index is 12.1. The van der Waals surface area contributed by atoms with Crippen molar-refractivity contribution in [1.29, 1.82) is 0 Å². The van der Waals surface area contributed by atoms with Gasteiger partial charge in [0.2, 0.25) is 0 Å². The van der Waals surface area contributed by atoms with Gasteiger partial charge in [0.05, 0.1) is 6.10 Å². The Labute approximate surface area is 121 Å². The van der Waals surface area contributed by atoms with E-state index >= 15 is 0 Å². The number of hydrogen-bond donors (Lipinski definition) is 0. The Morgan fingerprint density at radius 1 is 1.00 bits per heavy atom. The van der Waals surface area contributed by atoms with E-state index in [4.69, 9.17) is 4.43 Å². The molecule has 0 aliphatic carbocycles. The average molecular weight is 287 g/mol. The summed E-state index contributed by atoms with van der Waals surface area (Å²) in [7, 11) is -1.60. The summed E-state index contributed by atoms with van der Waals surface area (Å²) in [5.41, 5.74) is 0. The third-order valence-electron chi connectivity index (χ3n) is 4.47. The Morgan fingerprint density at radius 3 is 1.89 bits per heavy atom. The predicted molar refractivity (Wildman–Crippen MR) is 86.1 cm³/mol. The van der Waals surface area contributed by atoms with Gasteiger partial charge in [0, 0.05) is 12.3 Å². The van der Waals surface area contributed by atoms with Crippen molar-refractivity contribution in [2.24, 2.45) is 5.92 Å². The number of hydrogen-bond acceptors (Lipinski definition) is 2. The largest absolute Gasteiger partial charge is 0.413 e. The van der Waals surface area contributed by atoms with Crippen molar-refractivity contribution in [3.8, 4) is 0 Å². The van der Waals surface area contributed by atoms with E-state index in [1.807, 2.05) is 0 Å². The van der Waals surface area contributed by atoms with E-state index in [0.717, 1.165) is 37.4 Å². The lowest BCUT2D eigenvalue weighted by Crippen LogP contribution is -2.43. The van der Waals surface area contributed by atoms with Crippen molar-refractivity contribution >= 4 is 14.1 Å². The SMILES string of the molecule is CCCC(=O)[C@H](C)[C@H](CCC)O[Si](CC)(CC)CC. The molecule has 0 aliphatic rings. The summed E-state index contributed by atoms with van der Waals surface area (Å²) < 4.78 is 6.57. The van der Waals surface area contributed by atoms with Crippen LogP contribution in [0.25, 0.3) is 0 Å². The molecule has 114 valence electrons. The highest BCUT2D eigenvalue weighted by Gasteiger charge is 2.35. The van der Waals surface area contributed by atoms with Crippen LogP contribution in [0, 0.1) is 5.92 Å². The van der Waals surface area contributed by atoms with Crippen LogP contribution in [-0.2, 0) is 9.22 Å². The Bertz CT molecular complexity index is 241. The molecular weight excluding hydrogens is 252 g/mol. The molecule has 0 fully saturated rings. The lowest BCUT2D eigenvalue weighted by molar-refractivity contribution is -0.125. The van der Waals surface area contributed by atoms with Gasteiger partial charge in [0.15, 0.2) is 8.32 Å². The molecule has 0 aromatic heterocycles. The second-order valence-electron chi connectivity index (χ2n) is 5.69. The molecule has 3 heteroatoms. The van der Waals surface area contributed by atoms with Crippen LogP contribution >= 0.6 is 0 Å². The molecule has 0 saturated heterocycles. The van der Waals surface area contributed by atoms with Crippen molar-refractivity contribution in [2.75, 3.05) is 0 Å². The predicted octanol–water partition coefficient (Wildman–Crippen LogP) is 5.18. The molecule has 19 heavy (non-hydrogen) atoms. The molecule has 0 rings (SSSR count). The van der Waals surface area contributed by atoms with Crippen molar-refractivity contribution < 1.29 is 9.22 Å². The molecule has 0 aliphatic heterocycles. The molecule has 2 nitrogen and oxygen atoms in total. The third-order valence-corrected chi connectivity index (χ3v) is 9.14. The fourth-order valence-electron chi connectivity index (χ4n) is 2.70. The topological polar surface area (TPSA) is 26.3 Å². The molecule has 0 N–H and O–H groups in total. The van der Waals surface area contributed by atoms with Crippen LogP contribution < -0.4 is 0 Å². The molecule has 0 heterocycles. The standard InChI is InChI=1S/C16H34O2Si/c1-7-12-15(17)14(6)16(13-8-2)18-19(9-3,10-4)11-5/h14,16H,7-13H2,1-6H3/t14-,16-/m0/s1. The van der Waals surface area contributed by atoms with Gasteiger partial charge in [-0.05, 0) is 31.0 Å². The van der Waals surface area contributed by atoms with Crippen molar-refractivity contribution in [3.05, 3.63) is 0 Å². The maximum Gasteiger partial charge on any atom is 0.192 e. The second kappa shape index (κ2) is 9.70. The molecule has 0 saturated carbocycles. The Kier molecular flexibility index (Phi) is 9.63. The molecule has 0 aromatic carbocycles. The highest BCUT2D eigenvalue weighted by molar-refractivity contribution is 6.73. The maximum absolute atomic E-state index is 12.1. The van der Waals surface area contributed by atoms with Crippen LogP contribution in [0.3, 0.4) is 0 Å². The summed E-state index contributed by atoms with van der Waals surface area (Å²) in [6.45, 7) is 13.1. The Balaban J connectivity index is 4.84. The van der Waals surface area contributed by atoms with E-state index in [1.54, 1.807) is 0 Å². The Morgan fingerprint density at radius 2 is 1.53 bits per heavy atom. The normalized spacial score (nSPS) is 15.3. The quantitative estimate of drug-likeness (QED) is 0.489. The van der Waals surface area contributed by atoms with Crippen LogP contribution in [0.15, 0.2) is 0 Å². The fraction of sp³-hybridized carbons (Fsp3) is 0.938. The summed E-state index contributed by atoms with van der Waals surface area (Å²) in [5, 5.41) is 0. The van der Waals surface area contributed by atoms with Gasteiger partial charge in [-0.3, -0.25) is 4.79 Å². The van der Waals surface area contributed by atoms with Crippen LogP contribution in [0.1, 0.15) is 67.2 Å². The molecule has 0 bridgehead atoms. The van der Waals surface area contributed by atoms with Gasteiger partial charge in [-0.1, -0.05) is 48.0 Å². The summed E-state index contributed by atoms with van der Waals surface area (Å²) in [5.74, 6) is 0.448. The lowest BCUT2D eigenvalue weighted by Gasteiger charge is -2.35. The summed E-state index contributed by atoms with van der Waals surface area (Å²) in [6.07, 6.45) is 3.90. The molecule has 0 amide bonds. The van der Waals surface area contributed by atoms with Gasteiger partial charge in [-0.2, -0.15) is 0 Å². The fourth-order valence-corrected chi connectivity index (χ4v) is 5.66. The van der Waals surface area contributed by atoms with Crippen LogP contribution in [-0.4, -0.2) is 20.2 Å². The first-order valence-electron chi connectivity index (χ1n) is 8.20. The smallest absolute Gasteiger partial charge is 0.192 e. The zero-order chi connectivity index (χ0) is 14.9. The van der Waals surface area contributed by atoms with E-state index in [0.29, 0.717) is 12.2 Å². The first-order valence-corrected chi connectivity index (χ1v) is 10.7. The van der Waals surface area contributed by atoms with Gasteiger partial charge >= 0.3 is 0 Å². The van der Waals surface area contributed by atoms with E-state index in [-0.39, 0.29) is 12.0 Å². The minimum Gasteiger partial charge on any atom is -0.413 e. The molecule has 0 unspecified atom stereocenters. The molecule has 0 aromatic rings. The lowest BCUT2D eigenvalue weighted by atomic mass is 9.94. The van der Waals surface area contributed by atoms with Crippen molar-refractivity contribution in [1.82, 2.24) is 0 Å². The number of Topliss-reactive ketones (excluding diaryl/α,β-unsaturated/α-hetero) is 1. The molecule has 0 spiro atoms. The minimum atomic E-state index is -1.60. The van der Waals surface area contributed by atoms with E-state index in [1.165, 1.54) is 0 Å². The molecule has 2 atom stereocenters. The zero-order valence-electron chi connectivity index (χ0n) is 13.9. The van der Waals surface area contributed by atoms with Gasteiger partial charge in [-0.25, -0.2) is 0 Å². The van der Waals surface area contributed by atoms with Gasteiger partial charge in [0.25, 0.3) is 0 Å². The van der Waals surface area contributed by atoms with Crippen molar-refractivity contribution in [2.45, 2.75) is 91.5 Å². The van der Waals surface area contributed by atoms with Gasteiger partial charge < -0.3 is 4.43 Å². The third kappa shape index (κ3) is 5.78. The summed E-state index contributed by atoms with van der Waals surface area (Å²) in [4.78, 5) is 12.1. The van der Waals surface area contributed by atoms with E-state index in [9.17, 15) is 4.79 Å². The second-order valence-corrected chi connectivity index (χ2v) is 10.4. The van der Waals surface area contributed by atoms with Gasteiger partial charge in [0.1, 0.15) is 5.78 Å². The van der Waals surface area contributed by atoms with Crippen LogP contribution in [0.5, 0.6) is 0 Å². The van der Waals surface area contributed by atoms with Crippen molar-refractivity contribution in [3.63, 3.8) is 0 Å². The zero-order valence-corrected chi connectivity index (χ0v) is 14.9. The Hall–Kier alpha value is -0.153. The highest BCUT2D eigenvalue weighted by atomic mass is 28.4. The number of carbonyl (C=O) groups excluding carboxylic acids is 1. The first-order chi connectivity index (χ1) is 9.00. The number of ketones is 1. The molecular formula is C16H34O2Si. The summed E-state index contributed by atoms with van der Waals surface area (Å²) >= 11 is 0.